The molecule has 0 aliphatic carbocycles. The van der Waals surface area contributed by atoms with Gasteiger partial charge in [0.1, 0.15) is 6.04 Å². The maximum atomic E-state index is 12.5. The number of hydrogen-bond acceptors (Lipinski definition) is 6. The Labute approximate surface area is 126 Å². The predicted octanol–water partition coefficient (Wildman–Crippen LogP) is 0.841. The normalized spacial score (nSPS) is 19.0. The van der Waals surface area contributed by atoms with Crippen molar-refractivity contribution >= 4 is 21.7 Å². The predicted molar refractivity (Wildman–Crippen MR) is 74.2 cm³/mol. The molecule has 1 aromatic rings. The zero-order chi connectivity index (χ0) is 16.5. The first-order valence-corrected chi connectivity index (χ1v) is 7.80. The Bertz CT molecular complexity index is 716. The lowest BCUT2D eigenvalue weighted by Gasteiger charge is -2.21. The molecule has 0 aromatic heterocycles. The maximum Gasteiger partial charge on any atom is 0.322 e. The van der Waals surface area contributed by atoms with E-state index in [4.69, 9.17) is 9.84 Å². The first kappa shape index (κ1) is 16.2. The minimum absolute atomic E-state index is 0.0958. The fourth-order valence-corrected chi connectivity index (χ4v) is 4.05. The Balaban J connectivity index is 2.46. The summed E-state index contributed by atoms with van der Waals surface area (Å²) in [5.74, 6) is -1.41. The third-order valence-corrected chi connectivity index (χ3v) is 5.35. The molecule has 1 atom stereocenters. The SMILES string of the molecule is COc1cc(S(=O)(=O)N2CCC[C@H]2C(=O)O)ccc1[N+](=O)[O-]. The second-order valence-corrected chi connectivity index (χ2v) is 6.59. The first-order valence-electron chi connectivity index (χ1n) is 6.36. The summed E-state index contributed by atoms with van der Waals surface area (Å²) < 4.78 is 30.8. The van der Waals surface area contributed by atoms with Crippen molar-refractivity contribution in [1.29, 1.82) is 0 Å². The van der Waals surface area contributed by atoms with Crippen molar-refractivity contribution in [2.24, 2.45) is 0 Å². The van der Waals surface area contributed by atoms with Crippen molar-refractivity contribution < 1.29 is 28.0 Å². The number of rotatable bonds is 5. The summed E-state index contributed by atoms with van der Waals surface area (Å²) in [4.78, 5) is 21.0. The van der Waals surface area contributed by atoms with Crippen LogP contribution in [-0.2, 0) is 14.8 Å². The van der Waals surface area contributed by atoms with Gasteiger partial charge in [0.05, 0.1) is 16.9 Å². The highest BCUT2D eigenvalue weighted by Gasteiger charge is 2.40. The van der Waals surface area contributed by atoms with E-state index in [9.17, 15) is 23.3 Å². The van der Waals surface area contributed by atoms with Gasteiger partial charge in [0, 0.05) is 18.7 Å². The van der Waals surface area contributed by atoms with E-state index >= 15 is 0 Å². The molecule has 1 fully saturated rings. The molecule has 0 bridgehead atoms. The van der Waals surface area contributed by atoms with Crippen LogP contribution < -0.4 is 4.74 Å². The highest BCUT2D eigenvalue weighted by Crippen LogP contribution is 2.32. The summed E-state index contributed by atoms with van der Waals surface area (Å²) in [5, 5.41) is 19.9. The van der Waals surface area contributed by atoms with Gasteiger partial charge >= 0.3 is 11.7 Å². The first-order chi connectivity index (χ1) is 10.3. The van der Waals surface area contributed by atoms with Gasteiger partial charge in [0.15, 0.2) is 5.75 Å². The van der Waals surface area contributed by atoms with Crippen LogP contribution in [0, 0.1) is 10.1 Å². The average molecular weight is 330 g/mol. The molecule has 1 heterocycles. The second kappa shape index (κ2) is 5.89. The van der Waals surface area contributed by atoms with E-state index in [-0.39, 0.29) is 29.3 Å². The van der Waals surface area contributed by atoms with Crippen molar-refractivity contribution in [3.8, 4) is 5.75 Å². The van der Waals surface area contributed by atoms with Crippen LogP contribution in [0.3, 0.4) is 0 Å². The number of carboxylic acids is 1. The number of nitro benzene ring substituents is 1. The third kappa shape index (κ3) is 2.74. The number of carboxylic acid groups (broad SMARTS) is 1. The van der Waals surface area contributed by atoms with E-state index in [1.54, 1.807) is 0 Å². The summed E-state index contributed by atoms with van der Waals surface area (Å²) >= 11 is 0. The van der Waals surface area contributed by atoms with Crippen LogP contribution in [0.2, 0.25) is 0 Å². The van der Waals surface area contributed by atoms with Crippen molar-refractivity contribution in [2.45, 2.75) is 23.8 Å². The topological polar surface area (TPSA) is 127 Å². The number of sulfonamides is 1. The summed E-state index contributed by atoms with van der Waals surface area (Å²) in [7, 11) is -2.87. The van der Waals surface area contributed by atoms with E-state index in [0.29, 0.717) is 6.42 Å². The molecular formula is C12H14N2O7S. The van der Waals surface area contributed by atoms with Gasteiger partial charge in [-0.25, -0.2) is 8.42 Å². The smallest absolute Gasteiger partial charge is 0.322 e. The number of methoxy groups -OCH3 is 1. The average Bonchev–Trinajstić information content (AvgIpc) is 2.96. The number of hydrogen-bond donors (Lipinski definition) is 1. The summed E-state index contributed by atoms with van der Waals surface area (Å²) in [5.41, 5.74) is -0.363. The van der Waals surface area contributed by atoms with E-state index < -0.39 is 27.0 Å². The molecule has 9 nitrogen and oxygen atoms in total. The molecule has 0 spiro atoms. The van der Waals surface area contributed by atoms with Gasteiger partial charge in [0.25, 0.3) is 0 Å². The summed E-state index contributed by atoms with van der Waals surface area (Å²) in [6, 6.07) is 2.02. The monoisotopic (exact) mass is 330 g/mol. The Kier molecular flexibility index (Phi) is 4.33. The fraction of sp³-hybridized carbons (Fsp3) is 0.417. The molecule has 0 radical (unpaired) electrons. The minimum atomic E-state index is -4.06. The Morgan fingerprint density at radius 3 is 2.73 bits per heavy atom. The van der Waals surface area contributed by atoms with Crippen molar-refractivity contribution in [3.05, 3.63) is 28.3 Å². The largest absolute Gasteiger partial charge is 0.490 e. The van der Waals surface area contributed by atoms with Crippen LogP contribution in [0.25, 0.3) is 0 Å². The molecule has 0 saturated carbocycles. The van der Waals surface area contributed by atoms with Crippen LogP contribution in [0.1, 0.15) is 12.8 Å². The lowest BCUT2D eigenvalue weighted by atomic mass is 10.2. The molecule has 2 rings (SSSR count). The minimum Gasteiger partial charge on any atom is -0.490 e. The molecule has 1 aliphatic heterocycles. The number of ether oxygens (including phenoxy) is 1. The lowest BCUT2D eigenvalue weighted by molar-refractivity contribution is -0.385. The molecule has 0 unspecified atom stereocenters. The van der Waals surface area contributed by atoms with E-state index in [1.807, 2.05) is 0 Å². The van der Waals surface area contributed by atoms with Gasteiger partial charge in [-0.3, -0.25) is 14.9 Å². The Morgan fingerprint density at radius 2 is 2.18 bits per heavy atom. The van der Waals surface area contributed by atoms with E-state index in [2.05, 4.69) is 0 Å². The molecule has 1 N–H and O–H groups in total. The molecular weight excluding hydrogens is 316 g/mol. The molecule has 22 heavy (non-hydrogen) atoms. The standard InChI is InChI=1S/C12H14N2O7S/c1-21-11-7-8(4-5-9(11)14(17)18)22(19,20)13-6-2-3-10(13)12(15)16/h4-5,7,10H,2-3,6H2,1H3,(H,15,16)/t10-/m0/s1. The molecule has 120 valence electrons. The van der Waals surface area contributed by atoms with Gasteiger partial charge in [-0.15, -0.1) is 0 Å². The van der Waals surface area contributed by atoms with Gasteiger partial charge < -0.3 is 9.84 Å². The number of benzene rings is 1. The lowest BCUT2D eigenvalue weighted by Crippen LogP contribution is -2.40. The van der Waals surface area contributed by atoms with Crippen LogP contribution in [0.15, 0.2) is 23.1 Å². The van der Waals surface area contributed by atoms with Crippen LogP contribution in [0.5, 0.6) is 5.75 Å². The molecule has 1 aromatic carbocycles. The fourth-order valence-electron chi connectivity index (χ4n) is 2.38. The van der Waals surface area contributed by atoms with Gasteiger partial charge in [-0.05, 0) is 18.9 Å². The van der Waals surface area contributed by atoms with Crippen molar-refractivity contribution in [1.82, 2.24) is 4.31 Å². The van der Waals surface area contributed by atoms with Gasteiger partial charge in [-0.2, -0.15) is 4.31 Å². The summed E-state index contributed by atoms with van der Waals surface area (Å²) in [6.45, 7) is 0.0958. The molecule has 1 saturated heterocycles. The molecule has 1 aliphatic rings. The summed E-state index contributed by atoms with van der Waals surface area (Å²) in [6.07, 6.45) is 0.680. The second-order valence-electron chi connectivity index (χ2n) is 4.70. The molecule has 10 heteroatoms. The van der Waals surface area contributed by atoms with Crippen molar-refractivity contribution in [2.75, 3.05) is 13.7 Å². The number of carbonyl (C=O) groups is 1. The zero-order valence-electron chi connectivity index (χ0n) is 11.6. The maximum absolute atomic E-state index is 12.5. The highest BCUT2D eigenvalue weighted by molar-refractivity contribution is 7.89. The van der Waals surface area contributed by atoms with Crippen molar-refractivity contribution in [3.63, 3.8) is 0 Å². The number of nitro groups is 1. The quantitative estimate of drug-likeness (QED) is 0.626. The van der Waals surface area contributed by atoms with E-state index in [1.165, 1.54) is 7.11 Å². The van der Waals surface area contributed by atoms with Crippen LogP contribution in [-0.4, -0.2) is 48.4 Å². The Morgan fingerprint density at radius 1 is 1.50 bits per heavy atom. The van der Waals surface area contributed by atoms with Crippen LogP contribution in [0.4, 0.5) is 5.69 Å². The van der Waals surface area contributed by atoms with Gasteiger partial charge in [0.2, 0.25) is 10.0 Å². The third-order valence-electron chi connectivity index (χ3n) is 3.44. The number of aliphatic carboxylic acids is 1. The molecule has 0 amide bonds. The highest BCUT2D eigenvalue weighted by atomic mass is 32.2. The Hall–Kier alpha value is -2.20. The zero-order valence-corrected chi connectivity index (χ0v) is 12.4. The van der Waals surface area contributed by atoms with Gasteiger partial charge in [-0.1, -0.05) is 0 Å². The number of nitrogens with zero attached hydrogens (tertiary/aromatic N) is 2. The van der Waals surface area contributed by atoms with Crippen LogP contribution >= 0.6 is 0 Å². The van der Waals surface area contributed by atoms with E-state index in [0.717, 1.165) is 22.5 Å².